The average Bonchev–Trinajstić information content (AvgIpc) is 2.66. The number of anilines is 2. The highest BCUT2D eigenvalue weighted by Crippen LogP contribution is 2.33. The molecule has 30 heavy (non-hydrogen) atoms. The van der Waals surface area contributed by atoms with Gasteiger partial charge in [-0.05, 0) is 50.2 Å². The SMILES string of the molecule is CCC(=O)c1ccc(NC(C)(C)C(=O)Nc2ccc(C#N)c(C(F)(F)F)c2)cc1F. The van der Waals surface area contributed by atoms with Crippen molar-refractivity contribution in [2.45, 2.75) is 38.9 Å². The minimum Gasteiger partial charge on any atom is -0.372 e. The molecule has 9 heteroatoms. The number of nitriles is 1. The molecule has 2 aromatic carbocycles. The van der Waals surface area contributed by atoms with Crippen LogP contribution < -0.4 is 10.6 Å². The van der Waals surface area contributed by atoms with Crippen molar-refractivity contribution in [3.8, 4) is 6.07 Å². The fourth-order valence-corrected chi connectivity index (χ4v) is 2.67. The zero-order valence-corrected chi connectivity index (χ0v) is 16.4. The van der Waals surface area contributed by atoms with E-state index in [4.69, 9.17) is 5.26 Å². The molecule has 0 aliphatic heterocycles. The zero-order chi connectivity index (χ0) is 22.7. The van der Waals surface area contributed by atoms with Gasteiger partial charge in [-0.2, -0.15) is 18.4 Å². The first-order valence-electron chi connectivity index (χ1n) is 8.92. The van der Waals surface area contributed by atoms with E-state index in [0.29, 0.717) is 6.07 Å². The normalized spacial score (nSPS) is 11.5. The third-order valence-electron chi connectivity index (χ3n) is 4.32. The lowest BCUT2D eigenvalue weighted by Crippen LogP contribution is -2.44. The highest BCUT2D eigenvalue weighted by atomic mass is 19.4. The first-order valence-corrected chi connectivity index (χ1v) is 8.92. The molecule has 0 saturated heterocycles. The van der Waals surface area contributed by atoms with Crippen molar-refractivity contribution in [1.82, 2.24) is 0 Å². The van der Waals surface area contributed by atoms with Crippen molar-refractivity contribution in [1.29, 1.82) is 5.26 Å². The van der Waals surface area contributed by atoms with Crippen LogP contribution >= 0.6 is 0 Å². The van der Waals surface area contributed by atoms with E-state index < -0.39 is 34.6 Å². The molecule has 0 heterocycles. The van der Waals surface area contributed by atoms with Gasteiger partial charge in [0, 0.05) is 17.8 Å². The summed E-state index contributed by atoms with van der Waals surface area (Å²) in [4.78, 5) is 24.3. The third-order valence-corrected chi connectivity index (χ3v) is 4.32. The molecule has 1 amide bonds. The predicted octanol–water partition coefficient (Wildman–Crippen LogP) is 5.14. The van der Waals surface area contributed by atoms with Gasteiger partial charge in [-0.3, -0.25) is 9.59 Å². The number of hydrogen-bond donors (Lipinski definition) is 2. The van der Waals surface area contributed by atoms with Crippen LogP contribution in [0.25, 0.3) is 0 Å². The smallest absolute Gasteiger partial charge is 0.372 e. The van der Waals surface area contributed by atoms with Gasteiger partial charge in [0.2, 0.25) is 5.91 Å². The Kier molecular flexibility index (Phi) is 6.50. The quantitative estimate of drug-likeness (QED) is 0.500. The van der Waals surface area contributed by atoms with Gasteiger partial charge in [-0.15, -0.1) is 0 Å². The highest BCUT2D eigenvalue weighted by Gasteiger charge is 2.34. The maximum atomic E-state index is 14.1. The maximum Gasteiger partial charge on any atom is 0.417 e. The van der Waals surface area contributed by atoms with Crippen molar-refractivity contribution >= 4 is 23.1 Å². The molecule has 2 aromatic rings. The Morgan fingerprint density at radius 2 is 1.70 bits per heavy atom. The molecule has 0 spiro atoms. The van der Waals surface area contributed by atoms with Crippen molar-refractivity contribution in [2.24, 2.45) is 0 Å². The summed E-state index contributed by atoms with van der Waals surface area (Å²) in [5.41, 5.74) is -3.05. The molecule has 0 bridgehead atoms. The van der Waals surface area contributed by atoms with Crippen LogP contribution in [0.1, 0.15) is 48.7 Å². The highest BCUT2D eigenvalue weighted by molar-refractivity contribution is 6.00. The summed E-state index contributed by atoms with van der Waals surface area (Å²) >= 11 is 0. The first-order chi connectivity index (χ1) is 13.9. The molecule has 158 valence electrons. The van der Waals surface area contributed by atoms with Crippen LogP contribution in [0.3, 0.4) is 0 Å². The third kappa shape index (κ3) is 5.14. The number of carbonyl (C=O) groups excluding carboxylic acids is 2. The van der Waals surface area contributed by atoms with Gasteiger partial charge in [0.1, 0.15) is 11.4 Å². The summed E-state index contributed by atoms with van der Waals surface area (Å²) in [5, 5.41) is 14.0. The topological polar surface area (TPSA) is 82.0 Å². The summed E-state index contributed by atoms with van der Waals surface area (Å²) in [6.45, 7) is 4.52. The second kappa shape index (κ2) is 8.53. The Hall–Kier alpha value is -3.41. The number of halogens is 4. The summed E-state index contributed by atoms with van der Waals surface area (Å²) < 4.78 is 53.4. The lowest BCUT2D eigenvalue weighted by atomic mass is 10.0. The molecule has 0 saturated carbocycles. The first kappa shape index (κ1) is 22.9. The number of benzene rings is 2. The van der Waals surface area contributed by atoms with Crippen LogP contribution in [-0.2, 0) is 11.0 Å². The van der Waals surface area contributed by atoms with E-state index in [2.05, 4.69) is 10.6 Å². The fraction of sp³-hybridized carbons (Fsp3) is 0.286. The lowest BCUT2D eigenvalue weighted by molar-refractivity contribution is -0.137. The second-order valence-corrected chi connectivity index (χ2v) is 7.05. The van der Waals surface area contributed by atoms with Crippen molar-refractivity contribution in [3.63, 3.8) is 0 Å². The fourth-order valence-electron chi connectivity index (χ4n) is 2.67. The summed E-state index contributed by atoms with van der Waals surface area (Å²) in [6.07, 6.45) is -4.61. The minimum absolute atomic E-state index is 0.0671. The van der Waals surface area contributed by atoms with Crippen LogP contribution in [0.2, 0.25) is 0 Å². The zero-order valence-electron chi connectivity index (χ0n) is 16.4. The van der Waals surface area contributed by atoms with E-state index in [1.54, 1.807) is 6.92 Å². The van der Waals surface area contributed by atoms with Crippen LogP contribution in [0.15, 0.2) is 36.4 Å². The van der Waals surface area contributed by atoms with E-state index >= 15 is 0 Å². The number of ketones is 1. The monoisotopic (exact) mass is 421 g/mol. The Balaban J connectivity index is 2.22. The van der Waals surface area contributed by atoms with Crippen LogP contribution in [0.5, 0.6) is 0 Å². The summed E-state index contributed by atoms with van der Waals surface area (Å²) in [6, 6.07) is 8.10. The Bertz CT molecular complexity index is 1020. The van der Waals surface area contributed by atoms with Gasteiger partial charge in [-0.1, -0.05) is 6.92 Å². The standard InChI is InChI=1S/C21H19F4N3O2/c1-4-18(29)15-8-7-14(10-17(15)22)28-20(2,3)19(30)27-13-6-5-12(11-26)16(9-13)21(23,24)25/h5-10,28H,4H2,1-3H3,(H,27,30). The van der Waals surface area contributed by atoms with Crippen molar-refractivity contribution in [2.75, 3.05) is 10.6 Å². The van der Waals surface area contributed by atoms with Gasteiger partial charge >= 0.3 is 6.18 Å². The van der Waals surface area contributed by atoms with Crippen LogP contribution in [0.4, 0.5) is 28.9 Å². The lowest BCUT2D eigenvalue weighted by Gasteiger charge is -2.26. The van der Waals surface area contributed by atoms with Crippen molar-refractivity contribution < 1.29 is 27.2 Å². The van der Waals surface area contributed by atoms with E-state index in [-0.39, 0.29) is 29.1 Å². The van der Waals surface area contributed by atoms with Gasteiger partial charge in [0.15, 0.2) is 5.78 Å². The molecular weight excluding hydrogens is 402 g/mol. The second-order valence-electron chi connectivity index (χ2n) is 7.05. The molecule has 2 rings (SSSR count). The molecule has 0 aliphatic rings. The minimum atomic E-state index is -4.76. The molecular formula is C21H19F4N3O2. The van der Waals surface area contributed by atoms with E-state index in [1.807, 2.05) is 0 Å². The number of alkyl halides is 3. The molecule has 2 N–H and O–H groups in total. The summed E-state index contributed by atoms with van der Waals surface area (Å²) in [5.74, 6) is -1.79. The largest absolute Gasteiger partial charge is 0.417 e. The van der Waals surface area contributed by atoms with E-state index in [9.17, 15) is 27.2 Å². The van der Waals surface area contributed by atoms with Gasteiger partial charge in [-0.25, -0.2) is 4.39 Å². The van der Waals surface area contributed by atoms with E-state index in [0.717, 1.165) is 12.1 Å². The molecule has 5 nitrogen and oxygen atoms in total. The van der Waals surface area contributed by atoms with Gasteiger partial charge in [0.05, 0.1) is 22.8 Å². The van der Waals surface area contributed by atoms with Crippen molar-refractivity contribution in [3.05, 3.63) is 58.9 Å². The number of rotatable bonds is 6. The average molecular weight is 421 g/mol. The predicted molar refractivity (Wildman–Crippen MR) is 104 cm³/mol. The number of amides is 1. The number of nitrogens with one attached hydrogen (secondary N) is 2. The molecule has 0 unspecified atom stereocenters. The Morgan fingerprint density at radius 3 is 2.23 bits per heavy atom. The Labute approximate surface area is 170 Å². The molecule has 0 atom stereocenters. The maximum absolute atomic E-state index is 14.1. The number of Topliss-reactive ketones (excluding diaryl/α,β-unsaturated/α-hetero) is 1. The van der Waals surface area contributed by atoms with Crippen LogP contribution in [-0.4, -0.2) is 17.2 Å². The number of nitrogens with zero attached hydrogens (tertiary/aromatic N) is 1. The van der Waals surface area contributed by atoms with E-state index in [1.165, 1.54) is 38.1 Å². The molecule has 0 radical (unpaired) electrons. The van der Waals surface area contributed by atoms with Gasteiger partial charge < -0.3 is 10.6 Å². The van der Waals surface area contributed by atoms with Crippen LogP contribution in [0, 0.1) is 17.1 Å². The molecule has 0 aliphatic carbocycles. The number of hydrogen-bond acceptors (Lipinski definition) is 4. The Morgan fingerprint density at radius 1 is 1.07 bits per heavy atom. The molecule has 0 aromatic heterocycles. The van der Waals surface area contributed by atoms with Gasteiger partial charge in [0.25, 0.3) is 0 Å². The summed E-state index contributed by atoms with van der Waals surface area (Å²) in [7, 11) is 0. The molecule has 0 fully saturated rings. The number of carbonyl (C=O) groups is 2.